The summed E-state index contributed by atoms with van der Waals surface area (Å²) in [7, 11) is 0. The molecule has 0 fully saturated rings. The molecule has 0 unspecified atom stereocenters. The van der Waals surface area contributed by atoms with Gasteiger partial charge in [0.05, 0.1) is 17.8 Å². The van der Waals surface area contributed by atoms with Crippen LogP contribution in [0.25, 0.3) is 0 Å². The van der Waals surface area contributed by atoms with Crippen LogP contribution in [0.5, 0.6) is 0 Å². The number of rotatable bonds is 3. The highest BCUT2D eigenvalue weighted by molar-refractivity contribution is 7.80. The van der Waals surface area contributed by atoms with Gasteiger partial charge in [0.1, 0.15) is 11.6 Å². The van der Waals surface area contributed by atoms with Crippen molar-refractivity contribution in [2.75, 3.05) is 0 Å². The van der Waals surface area contributed by atoms with Gasteiger partial charge in [-0.3, -0.25) is 4.79 Å². The van der Waals surface area contributed by atoms with Gasteiger partial charge >= 0.3 is 0 Å². The zero-order chi connectivity index (χ0) is 14.0. The average molecular weight is 280 g/mol. The van der Waals surface area contributed by atoms with Gasteiger partial charge in [-0.25, -0.2) is 9.37 Å². The molecule has 1 amide bonds. The standard InChI is InChI=1S/C13H13FN2O2S/c1-7-8(2)18-12(16-7)6-15-13(17)10-5-9(19)3-4-11(10)14/h3-5,19H,6H2,1-2H3,(H,15,17). The Morgan fingerprint density at radius 3 is 2.84 bits per heavy atom. The van der Waals surface area contributed by atoms with Gasteiger partial charge in [0.15, 0.2) is 0 Å². The molecule has 1 heterocycles. The molecule has 0 aliphatic rings. The first-order valence-electron chi connectivity index (χ1n) is 5.67. The maximum absolute atomic E-state index is 13.5. The lowest BCUT2D eigenvalue weighted by molar-refractivity contribution is 0.0943. The van der Waals surface area contributed by atoms with Crippen LogP contribution in [-0.4, -0.2) is 10.9 Å². The van der Waals surface area contributed by atoms with Crippen LogP contribution in [-0.2, 0) is 6.54 Å². The number of aromatic nitrogens is 1. The van der Waals surface area contributed by atoms with Crippen LogP contribution in [0.3, 0.4) is 0 Å². The number of halogens is 1. The van der Waals surface area contributed by atoms with E-state index in [1.165, 1.54) is 18.2 Å². The summed E-state index contributed by atoms with van der Waals surface area (Å²) >= 11 is 4.07. The lowest BCUT2D eigenvalue weighted by Gasteiger charge is -2.04. The largest absolute Gasteiger partial charge is 0.444 e. The van der Waals surface area contributed by atoms with Crippen LogP contribution < -0.4 is 5.32 Å². The van der Waals surface area contributed by atoms with Gasteiger partial charge < -0.3 is 9.73 Å². The molecule has 0 aliphatic carbocycles. The van der Waals surface area contributed by atoms with E-state index in [0.29, 0.717) is 16.5 Å². The lowest BCUT2D eigenvalue weighted by atomic mass is 10.2. The number of benzene rings is 1. The van der Waals surface area contributed by atoms with E-state index in [9.17, 15) is 9.18 Å². The first kappa shape index (κ1) is 13.6. The monoisotopic (exact) mass is 280 g/mol. The van der Waals surface area contributed by atoms with E-state index in [2.05, 4.69) is 22.9 Å². The molecule has 1 N–H and O–H groups in total. The molecule has 0 saturated carbocycles. The van der Waals surface area contributed by atoms with Crippen molar-refractivity contribution in [3.63, 3.8) is 0 Å². The van der Waals surface area contributed by atoms with Crippen molar-refractivity contribution in [2.45, 2.75) is 25.3 Å². The van der Waals surface area contributed by atoms with Crippen LogP contribution in [0, 0.1) is 19.7 Å². The van der Waals surface area contributed by atoms with Gasteiger partial charge in [0.2, 0.25) is 5.89 Å². The van der Waals surface area contributed by atoms with Gasteiger partial charge in [-0.2, -0.15) is 0 Å². The van der Waals surface area contributed by atoms with Crippen LogP contribution >= 0.6 is 12.6 Å². The molecule has 0 spiro atoms. The van der Waals surface area contributed by atoms with Crippen molar-refractivity contribution in [3.05, 3.63) is 46.9 Å². The molecule has 2 rings (SSSR count). The van der Waals surface area contributed by atoms with Gasteiger partial charge in [-0.15, -0.1) is 12.6 Å². The maximum Gasteiger partial charge on any atom is 0.254 e. The van der Waals surface area contributed by atoms with E-state index >= 15 is 0 Å². The minimum atomic E-state index is -0.588. The minimum Gasteiger partial charge on any atom is -0.444 e. The summed E-state index contributed by atoms with van der Waals surface area (Å²) in [5.74, 6) is -0.0180. The molecule has 2 aromatic rings. The van der Waals surface area contributed by atoms with Gasteiger partial charge in [0, 0.05) is 4.90 Å². The fourth-order valence-electron chi connectivity index (χ4n) is 1.55. The number of hydrogen-bond acceptors (Lipinski definition) is 4. The highest BCUT2D eigenvalue weighted by Gasteiger charge is 2.13. The zero-order valence-corrected chi connectivity index (χ0v) is 11.4. The molecule has 1 aromatic carbocycles. The molecule has 0 aliphatic heterocycles. The number of oxazole rings is 1. The second-order valence-electron chi connectivity index (χ2n) is 4.10. The summed E-state index contributed by atoms with van der Waals surface area (Å²) < 4.78 is 18.8. The Balaban J connectivity index is 2.07. The Morgan fingerprint density at radius 2 is 2.21 bits per heavy atom. The van der Waals surface area contributed by atoms with E-state index < -0.39 is 11.7 Å². The molecule has 100 valence electrons. The molecule has 6 heteroatoms. The fourth-order valence-corrected chi connectivity index (χ4v) is 1.76. The van der Waals surface area contributed by atoms with Crippen molar-refractivity contribution in [3.8, 4) is 0 Å². The summed E-state index contributed by atoms with van der Waals surface area (Å²) in [5.41, 5.74) is 0.722. The maximum atomic E-state index is 13.5. The third-order valence-corrected chi connectivity index (χ3v) is 2.95. The Kier molecular flexibility index (Phi) is 3.90. The minimum absolute atomic E-state index is 0.0486. The van der Waals surface area contributed by atoms with Crippen molar-refractivity contribution < 1.29 is 13.6 Å². The summed E-state index contributed by atoms with van der Waals surface area (Å²) in [6.07, 6.45) is 0. The third kappa shape index (κ3) is 3.14. The predicted octanol–water partition coefficient (Wildman–Crippen LogP) is 2.65. The first-order chi connectivity index (χ1) is 8.97. The van der Waals surface area contributed by atoms with E-state index in [4.69, 9.17) is 4.42 Å². The van der Waals surface area contributed by atoms with Crippen LogP contribution in [0.15, 0.2) is 27.5 Å². The number of carbonyl (C=O) groups is 1. The number of carbonyl (C=O) groups excluding carboxylic acids is 1. The molecular weight excluding hydrogens is 267 g/mol. The second kappa shape index (κ2) is 5.44. The van der Waals surface area contributed by atoms with Crippen molar-refractivity contribution >= 4 is 18.5 Å². The Morgan fingerprint density at radius 1 is 1.47 bits per heavy atom. The normalized spacial score (nSPS) is 10.5. The summed E-state index contributed by atoms with van der Waals surface area (Å²) in [6, 6.07) is 4.06. The van der Waals surface area contributed by atoms with E-state index in [1.807, 2.05) is 6.92 Å². The van der Waals surface area contributed by atoms with E-state index in [-0.39, 0.29) is 12.1 Å². The molecule has 19 heavy (non-hydrogen) atoms. The fraction of sp³-hybridized carbons (Fsp3) is 0.231. The Hall–Kier alpha value is -1.82. The number of nitrogens with one attached hydrogen (secondary N) is 1. The summed E-state index contributed by atoms with van der Waals surface area (Å²) in [5, 5.41) is 2.55. The molecule has 4 nitrogen and oxygen atoms in total. The number of hydrogen-bond donors (Lipinski definition) is 2. The molecule has 0 bridgehead atoms. The average Bonchev–Trinajstić information content (AvgIpc) is 2.69. The second-order valence-corrected chi connectivity index (χ2v) is 4.61. The molecule has 0 saturated heterocycles. The zero-order valence-electron chi connectivity index (χ0n) is 10.5. The summed E-state index contributed by atoms with van der Waals surface area (Å²) in [6.45, 7) is 3.72. The quantitative estimate of drug-likeness (QED) is 0.850. The van der Waals surface area contributed by atoms with Crippen LogP contribution in [0.4, 0.5) is 4.39 Å². The van der Waals surface area contributed by atoms with Gasteiger partial charge in [0.25, 0.3) is 5.91 Å². The highest BCUT2D eigenvalue weighted by atomic mass is 32.1. The summed E-state index contributed by atoms with van der Waals surface area (Å²) in [4.78, 5) is 16.5. The van der Waals surface area contributed by atoms with Gasteiger partial charge in [-0.05, 0) is 32.0 Å². The van der Waals surface area contributed by atoms with Crippen molar-refractivity contribution in [1.29, 1.82) is 0 Å². The third-order valence-electron chi connectivity index (χ3n) is 2.67. The topological polar surface area (TPSA) is 55.1 Å². The van der Waals surface area contributed by atoms with Crippen LogP contribution in [0.2, 0.25) is 0 Å². The van der Waals surface area contributed by atoms with Gasteiger partial charge in [-0.1, -0.05) is 0 Å². The first-order valence-corrected chi connectivity index (χ1v) is 6.11. The molecule has 0 atom stereocenters. The van der Waals surface area contributed by atoms with Crippen molar-refractivity contribution in [1.82, 2.24) is 10.3 Å². The van der Waals surface area contributed by atoms with E-state index in [1.54, 1.807) is 6.92 Å². The molecule has 1 aromatic heterocycles. The SMILES string of the molecule is Cc1nc(CNC(=O)c2cc(S)ccc2F)oc1C. The Bertz CT molecular complexity index is 606. The lowest BCUT2D eigenvalue weighted by Crippen LogP contribution is -2.24. The molecule has 0 radical (unpaired) electrons. The number of thiol groups is 1. The smallest absolute Gasteiger partial charge is 0.254 e. The number of aryl methyl sites for hydroxylation is 2. The molecular formula is C13H13FN2O2S. The predicted molar refractivity (Wildman–Crippen MR) is 70.8 cm³/mol. The number of nitrogens with zero attached hydrogens (tertiary/aromatic N) is 1. The van der Waals surface area contributed by atoms with Crippen molar-refractivity contribution in [2.24, 2.45) is 0 Å². The van der Waals surface area contributed by atoms with E-state index in [0.717, 1.165) is 5.69 Å². The Labute approximate surface area is 115 Å². The highest BCUT2D eigenvalue weighted by Crippen LogP contribution is 2.14. The number of amides is 1. The van der Waals surface area contributed by atoms with Crippen LogP contribution in [0.1, 0.15) is 27.7 Å².